The SMILES string of the molecule is Cc1c(NCCC(F)(F)F)nc2ccc(Br)cc2c1C(=O)NCC(CCC(=O)O)c1ccccc1Cl. The van der Waals surface area contributed by atoms with Gasteiger partial charge in [-0.2, -0.15) is 13.2 Å². The summed E-state index contributed by atoms with van der Waals surface area (Å²) in [6.45, 7) is 1.35. The lowest BCUT2D eigenvalue weighted by atomic mass is 9.93. The number of carbonyl (C=O) groups is 2. The molecule has 36 heavy (non-hydrogen) atoms. The smallest absolute Gasteiger partial charge is 0.390 e. The summed E-state index contributed by atoms with van der Waals surface area (Å²) in [5.41, 5.74) is 1.83. The number of nitrogens with zero attached hydrogens (tertiary/aromatic N) is 1. The summed E-state index contributed by atoms with van der Waals surface area (Å²) < 4.78 is 38.6. The molecule has 0 aliphatic heterocycles. The molecule has 0 bridgehead atoms. The zero-order valence-electron chi connectivity index (χ0n) is 19.3. The second-order valence-electron chi connectivity index (χ2n) is 8.27. The largest absolute Gasteiger partial charge is 0.481 e. The van der Waals surface area contributed by atoms with Gasteiger partial charge in [-0.15, -0.1) is 0 Å². The fourth-order valence-corrected chi connectivity index (χ4v) is 4.54. The van der Waals surface area contributed by atoms with Gasteiger partial charge < -0.3 is 15.7 Å². The minimum atomic E-state index is -4.33. The highest BCUT2D eigenvalue weighted by Gasteiger charge is 2.27. The van der Waals surface area contributed by atoms with Crippen LogP contribution < -0.4 is 10.6 Å². The topological polar surface area (TPSA) is 91.3 Å². The first-order valence-electron chi connectivity index (χ1n) is 11.1. The van der Waals surface area contributed by atoms with Crippen molar-refractivity contribution in [1.29, 1.82) is 0 Å². The number of hydrogen-bond donors (Lipinski definition) is 3. The van der Waals surface area contributed by atoms with Gasteiger partial charge in [0.05, 0.1) is 17.5 Å². The van der Waals surface area contributed by atoms with Crippen LogP contribution in [0.5, 0.6) is 0 Å². The van der Waals surface area contributed by atoms with Crippen molar-refractivity contribution in [2.45, 2.75) is 38.3 Å². The Balaban J connectivity index is 1.91. The molecule has 3 aromatic rings. The number of carboxylic acids is 1. The first kappa shape index (κ1) is 27.7. The monoisotopic (exact) mass is 585 g/mol. The van der Waals surface area contributed by atoms with E-state index < -0.39 is 24.5 Å². The number of fused-ring (bicyclic) bond motifs is 1. The first-order chi connectivity index (χ1) is 17.0. The van der Waals surface area contributed by atoms with Crippen LogP contribution in [0.15, 0.2) is 46.9 Å². The Morgan fingerprint density at radius 2 is 1.92 bits per heavy atom. The van der Waals surface area contributed by atoms with E-state index in [0.29, 0.717) is 31.5 Å². The van der Waals surface area contributed by atoms with Crippen LogP contribution >= 0.6 is 27.5 Å². The van der Waals surface area contributed by atoms with Gasteiger partial charge in [-0.25, -0.2) is 4.98 Å². The lowest BCUT2D eigenvalue weighted by Crippen LogP contribution is -2.30. The maximum Gasteiger partial charge on any atom is 0.390 e. The second kappa shape index (κ2) is 11.9. The summed E-state index contributed by atoms with van der Waals surface area (Å²) >= 11 is 9.71. The summed E-state index contributed by atoms with van der Waals surface area (Å²) in [6, 6.07) is 12.1. The van der Waals surface area contributed by atoms with Gasteiger partial charge in [-0.05, 0) is 43.2 Å². The molecule has 3 rings (SSSR count). The number of aromatic nitrogens is 1. The molecule has 1 atom stereocenters. The Morgan fingerprint density at radius 3 is 2.58 bits per heavy atom. The summed E-state index contributed by atoms with van der Waals surface area (Å²) in [6.07, 6.45) is -5.22. The molecule has 11 heteroatoms. The molecule has 0 saturated carbocycles. The number of nitrogens with one attached hydrogen (secondary N) is 2. The molecule has 192 valence electrons. The number of carbonyl (C=O) groups excluding carboxylic acids is 1. The number of carboxylic acid groups (broad SMARTS) is 1. The fraction of sp³-hybridized carbons (Fsp3) is 0.320. The Bertz CT molecular complexity index is 1270. The highest BCUT2D eigenvalue weighted by molar-refractivity contribution is 9.10. The van der Waals surface area contributed by atoms with Crippen LogP contribution in [-0.4, -0.2) is 41.2 Å². The molecular formula is C25H24BrClF3N3O3. The molecule has 0 spiro atoms. The number of anilines is 1. The van der Waals surface area contributed by atoms with Crippen LogP contribution in [0.25, 0.3) is 10.9 Å². The highest BCUT2D eigenvalue weighted by atomic mass is 79.9. The summed E-state index contributed by atoms with van der Waals surface area (Å²) in [5.74, 6) is -1.59. The maximum atomic E-state index is 13.4. The lowest BCUT2D eigenvalue weighted by Gasteiger charge is -2.20. The van der Waals surface area contributed by atoms with Crippen LogP contribution in [0, 0.1) is 6.92 Å². The molecule has 1 heterocycles. The van der Waals surface area contributed by atoms with Gasteiger partial charge in [0.15, 0.2) is 0 Å². The van der Waals surface area contributed by atoms with E-state index in [0.717, 1.165) is 0 Å². The van der Waals surface area contributed by atoms with Gasteiger partial charge in [0.25, 0.3) is 5.91 Å². The van der Waals surface area contributed by atoms with E-state index in [1.54, 1.807) is 49.4 Å². The van der Waals surface area contributed by atoms with Gasteiger partial charge in [-0.3, -0.25) is 9.59 Å². The van der Waals surface area contributed by atoms with Crippen molar-refractivity contribution < 1.29 is 27.9 Å². The number of halogens is 5. The van der Waals surface area contributed by atoms with Crippen molar-refractivity contribution in [2.75, 3.05) is 18.4 Å². The van der Waals surface area contributed by atoms with Gasteiger partial charge >= 0.3 is 12.1 Å². The van der Waals surface area contributed by atoms with E-state index in [9.17, 15) is 22.8 Å². The third kappa shape index (κ3) is 7.33. The number of alkyl halides is 3. The predicted octanol–water partition coefficient (Wildman–Crippen LogP) is 6.70. The Morgan fingerprint density at radius 1 is 1.19 bits per heavy atom. The summed E-state index contributed by atoms with van der Waals surface area (Å²) in [7, 11) is 0. The van der Waals surface area contributed by atoms with Crippen LogP contribution in [-0.2, 0) is 4.79 Å². The maximum absolute atomic E-state index is 13.4. The van der Waals surface area contributed by atoms with Crippen molar-refractivity contribution in [1.82, 2.24) is 10.3 Å². The van der Waals surface area contributed by atoms with E-state index in [-0.39, 0.29) is 43.2 Å². The number of hydrogen-bond acceptors (Lipinski definition) is 4. The van der Waals surface area contributed by atoms with Crippen LogP contribution in [0.3, 0.4) is 0 Å². The quantitative estimate of drug-likeness (QED) is 0.246. The third-order valence-corrected chi connectivity index (χ3v) is 6.52. The van der Waals surface area contributed by atoms with Crippen molar-refractivity contribution in [3.63, 3.8) is 0 Å². The molecule has 1 amide bonds. The zero-order valence-corrected chi connectivity index (χ0v) is 21.6. The zero-order chi connectivity index (χ0) is 26.5. The van der Waals surface area contributed by atoms with Crippen molar-refractivity contribution in [3.8, 4) is 0 Å². The number of pyridine rings is 1. The standard InChI is InChI=1S/C25H24BrClF3N3O3/c1-14-22(18-12-16(26)7-8-20(18)33-23(14)31-11-10-25(28,29)30)24(36)32-13-15(6-9-21(34)35)17-4-2-3-5-19(17)27/h2-5,7-8,12,15H,6,9-11,13H2,1H3,(H,31,33)(H,32,36)(H,34,35). The van der Waals surface area contributed by atoms with Crippen molar-refractivity contribution >= 4 is 56.1 Å². The molecule has 1 unspecified atom stereocenters. The number of rotatable bonds is 10. The minimum absolute atomic E-state index is 0.108. The van der Waals surface area contributed by atoms with Crippen molar-refractivity contribution in [2.24, 2.45) is 0 Å². The summed E-state index contributed by atoms with van der Waals surface area (Å²) in [4.78, 5) is 29.0. The number of aliphatic carboxylic acids is 1. The molecule has 2 aromatic carbocycles. The molecule has 0 aliphatic carbocycles. The van der Waals surface area contributed by atoms with Crippen molar-refractivity contribution in [3.05, 3.63) is 68.7 Å². The first-order valence-corrected chi connectivity index (χ1v) is 12.3. The molecule has 0 fully saturated rings. The Kier molecular flexibility index (Phi) is 9.19. The van der Waals surface area contributed by atoms with Gasteiger partial charge in [0.1, 0.15) is 5.82 Å². The van der Waals surface area contributed by atoms with E-state index in [1.165, 1.54) is 0 Å². The molecule has 6 nitrogen and oxygen atoms in total. The minimum Gasteiger partial charge on any atom is -0.481 e. The average molecular weight is 587 g/mol. The highest BCUT2D eigenvalue weighted by Crippen LogP contribution is 2.31. The van der Waals surface area contributed by atoms with Gasteiger partial charge in [0, 0.05) is 45.9 Å². The lowest BCUT2D eigenvalue weighted by molar-refractivity contribution is -0.137. The molecular weight excluding hydrogens is 563 g/mol. The van der Waals surface area contributed by atoms with E-state index in [1.807, 2.05) is 0 Å². The third-order valence-electron chi connectivity index (χ3n) is 5.68. The molecule has 0 radical (unpaired) electrons. The molecule has 3 N–H and O–H groups in total. The molecule has 1 aromatic heterocycles. The van der Waals surface area contributed by atoms with E-state index in [4.69, 9.17) is 16.7 Å². The number of amides is 1. The average Bonchev–Trinajstić information content (AvgIpc) is 2.79. The van der Waals surface area contributed by atoms with Crippen LogP contribution in [0.4, 0.5) is 19.0 Å². The van der Waals surface area contributed by atoms with Crippen LogP contribution in [0.1, 0.15) is 46.7 Å². The Labute approximate surface area is 219 Å². The predicted molar refractivity (Wildman–Crippen MR) is 137 cm³/mol. The molecule has 0 saturated heterocycles. The van der Waals surface area contributed by atoms with E-state index in [2.05, 4.69) is 31.5 Å². The van der Waals surface area contributed by atoms with Gasteiger partial charge in [-0.1, -0.05) is 45.7 Å². The molecule has 0 aliphatic rings. The normalized spacial score (nSPS) is 12.4. The Hall–Kier alpha value is -2.85. The summed E-state index contributed by atoms with van der Waals surface area (Å²) in [5, 5.41) is 15.7. The number of benzene rings is 2. The van der Waals surface area contributed by atoms with E-state index >= 15 is 0 Å². The van der Waals surface area contributed by atoms with Gasteiger partial charge in [0.2, 0.25) is 0 Å². The second-order valence-corrected chi connectivity index (χ2v) is 9.60. The van der Waals surface area contributed by atoms with Crippen LogP contribution in [0.2, 0.25) is 5.02 Å². The fourth-order valence-electron chi connectivity index (χ4n) is 3.89.